The molecule has 1 aromatic heterocycles. The lowest BCUT2D eigenvalue weighted by Crippen LogP contribution is -2.34. The molecule has 1 aliphatic heterocycles. The molecule has 0 atom stereocenters. The van der Waals surface area contributed by atoms with Gasteiger partial charge in [0.25, 0.3) is 10.0 Å². The van der Waals surface area contributed by atoms with E-state index < -0.39 is 10.0 Å². The van der Waals surface area contributed by atoms with Gasteiger partial charge in [0.15, 0.2) is 0 Å². The highest BCUT2D eigenvalue weighted by molar-refractivity contribution is 7.91. The minimum absolute atomic E-state index is 0.122. The number of likely N-dealkylation sites (tertiary alicyclic amines) is 1. The van der Waals surface area contributed by atoms with Gasteiger partial charge in [0, 0.05) is 20.1 Å². The van der Waals surface area contributed by atoms with Gasteiger partial charge in [-0.1, -0.05) is 0 Å². The molecule has 0 bridgehead atoms. The second-order valence-electron chi connectivity index (χ2n) is 4.81. The Morgan fingerprint density at radius 3 is 2.68 bits per heavy atom. The van der Waals surface area contributed by atoms with Crippen LogP contribution < -0.4 is 0 Å². The molecule has 1 fully saturated rings. The Morgan fingerprint density at radius 1 is 1.42 bits per heavy atom. The van der Waals surface area contributed by atoms with Gasteiger partial charge in [-0.25, -0.2) is 8.42 Å². The standard InChI is InChI=1S/C12H20N2O3S2/c1-13(6-7-14-4-2-3-5-14)19(16,17)12-8-11(9-15)10-18-12/h8,10,15H,2-7,9H2,1H3. The number of aliphatic hydroxyl groups excluding tert-OH is 1. The Morgan fingerprint density at radius 2 is 2.11 bits per heavy atom. The van der Waals surface area contributed by atoms with Crippen LogP contribution >= 0.6 is 11.3 Å². The van der Waals surface area contributed by atoms with Gasteiger partial charge in [-0.05, 0) is 42.9 Å². The molecular weight excluding hydrogens is 284 g/mol. The number of rotatable bonds is 6. The molecule has 0 spiro atoms. The van der Waals surface area contributed by atoms with Crippen LogP contribution in [0.15, 0.2) is 15.7 Å². The molecule has 7 heteroatoms. The Balaban J connectivity index is 1.97. The Hall–Kier alpha value is -0.470. The Bertz CT molecular complexity index is 507. The molecule has 1 aliphatic rings. The van der Waals surface area contributed by atoms with Gasteiger partial charge >= 0.3 is 0 Å². The van der Waals surface area contributed by atoms with E-state index in [4.69, 9.17) is 5.11 Å². The second-order valence-corrected chi connectivity index (χ2v) is 7.99. The minimum Gasteiger partial charge on any atom is -0.392 e. The maximum atomic E-state index is 12.3. The van der Waals surface area contributed by atoms with E-state index in [1.807, 2.05) is 0 Å². The first-order valence-corrected chi connectivity index (χ1v) is 8.73. The first-order chi connectivity index (χ1) is 9.04. The molecule has 0 amide bonds. The summed E-state index contributed by atoms with van der Waals surface area (Å²) in [6.07, 6.45) is 2.42. The highest BCUT2D eigenvalue weighted by Gasteiger charge is 2.23. The molecule has 108 valence electrons. The van der Waals surface area contributed by atoms with Crippen molar-refractivity contribution >= 4 is 21.4 Å². The first kappa shape index (κ1) is 14.9. The lowest BCUT2D eigenvalue weighted by molar-refractivity contribution is 0.282. The van der Waals surface area contributed by atoms with Crippen LogP contribution in [0.1, 0.15) is 18.4 Å². The highest BCUT2D eigenvalue weighted by Crippen LogP contribution is 2.23. The van der Waals surface area contributed by atoms with Crippen LogP contribution in [0.2, 0.25) is 0 Å². The molecule has 2 heterocycles. The predicted molar refractivity (Wildman–Crippen MR) is 75.7 cm³/mol. The van der Waals surface area contributed by atoms with Crippen molar-refractivity contribution in [1.82, 2.24) is 9.21 Å². The van der Waals surface area contributed by atoms with Gasteiger partial charge < -0.3 is 10.0 Å². The number of thiophene rings is 1. The fourth-order valence-electron chi connectivity index (χ4n) is 2.13. The van der Waals surface area contributed by atoms with Gasteiger partial charge in [0.05, 0.1) is 6.61 Å². The van der Waals surface area contributed by atoms with E-state index in [-0.39, 0.29) is 6.61 Å². The van der Waals surface area contributed by atoms with E-state index in [2.05, 4.69) is 4.90 Å². The van der Waals surface area contributed by atoms with Crippen molar-refractivity contribution in [2.45, 2.75) is 23.7 Å². The van der Waals surface area contributed by atoms with E-state index in [1.54, 1.807) is 18.5 Å². The van der Waals surface area contributed by atoms with E-state index >= 15 is 0 Å². The summed E-state index contributed by atoms with van der Waals surface area (Å²) < 4.78 is 26.3. The van der Waals surface area contributed by atoms with Crippen molar-refractivity contribution in [3.8, 4) is 0 Å². The molecule has 1 aromatic rings. The maximum absolute atomic E-state index is 12.3. The smallest absolute Gasteiger partial charge is 0.252 e. The first-order valence-electron chi connectivity index (χ1n) is 6.41. The zero-order chi connectivity index (χ0) is 13.9. The Labute approximate surface area is 118 Å². The van der Waals surface area contributed by atoms with E-state index in [1.165, 1.54) is 17.1 Å². The van der Waals surface area contributed by atoms with Crippen LogP contribution in [0.3, 0.4) is 0 Å². The van der Waals surface area contributed by atoms with Crippen LogP contribution in [0.4, 0.5) is 0 Å². The molecule has 1 saturated heterocycles. The molecule has 5 nitrogen and oxygen atoms in total. The third-order valence-electron chi connectivity index (χ3n) is 3.41. The SMILES string of the molecule is CN(CCN1CCCC1)S(=O)(=O)c1cc(CO)cs1. The molecule has 0 aromatic carbocycles. The van der Waals surface area contributed by atoms with Crippen molar-refractivity contribution in [1.29, 1.82) is 0 Å². The zero-order valence-corrected chi connectivity index (χ0v) is 12.7. The predicted octanol–water partition coefficient (Wildman–Crippen LogP) is 0.957. The molecule has 2 rings (SSSR count). The lowest BCUT2D eigenvalue weighted by atomic mass is 10.4. The number of sulfonamides is 1. The lowest BCUT2D eigenvalue weighted by Gasteiger charge is -2.20. The molecule has 19 heavy (non-hydrogen) atoms. The Kier molecular flexibility index (Phi) is 4.97. The zero-order valence-electron chi connectivity index (χ0n) is 11.1. The summed E-state index contributed by atoms with van der Waals surface area (Å²) in [5.74, 6) is 0. The van der Waals surface area contributed by atoms with Crippen molar-refractivity contribution in [2.24, 2.45) is 0 Å². The summed E-state index contributed by atoms with van der Waals surface area (Å²) in [6, 6.07) is 1.55. The van der Waals surface area contributed by atoms with E-state index in [0.717, 1.165) is 31.0 Å². The second kappa shape index (κ2) is 6.32. The topological polar surface area (TPSA) is 60.9 Å². The molecule has 0 aliphatic carbocycles. The van der Waals surface area contributed by atoms with E-state index in [0.29, 0.717) is 16.3 Å². The van der Waals surface area contributed by atoms with Crippen molar-refractivity contribution < 1.29 is 13.5 Å². The summed E-state index contributed by atoms with van der Waals surface area (Å²) in [7, 11) is -1.79. The quantitative estimate of drug-likeness (QED) is 0.850. The van der Waals surface area contributed by atoms with Gasteiger partial charge in [0.1, 0.15) is 4.21 Å². The summed E-state index contributed by atoms with van der Waals surface area (Å²) in [6.45, 7) is 3.31. The molecular formula is C12H20N2O3S2. The fraction of sp³-hybridized carbons (Fsp3) is 0.667. The number of aliphatic hydroxyl groups is 1. The van der Waals surface area contributed by atoms with Crippen LogP contribution in [0.5, 0.6) is 0 Å². The summed E-state index contributed by atoms with van der Waals surface area (Å²) in [5.41, 5.74) is 0.650. The number of hydrogen-bond donors (Lipinski definition) is 1. The van der Waals surface area contributed by atoms with Crippen LogP contribution in [0, 0.1) is 0 Å². The van der Waals surface area contributed by atoms with Crippen LogP contribution in [0.25, 0.3) is 0 Å². The number of likely N-dealkylation sites (N-methyl/N-ethyl adjacent to an activating group) is 1. The third-order valence-corrected chi connectivity index (χ3v) is 6.73. The van der Waals surface area contributed by atoms with Crippen molar-refractivity contribution in [3.05, 3.63) is 17.0 Å². The van der Waals surface area contributed by atoms with Gasteiger partial charge in [-0.15, -0.1) is 11.3 Å². The van der Waals surface area contributed by atoms with E-state index in [9.17, 15) is 8.42 Å². The molecule has 0 saturated carbocycles. The maximum Gasteiger partial charge on any atom is 0.252 e. The molecule has 1 N–H and O–H groups in total. The van der Waals surface area contributed by atoms with Gasteiger partial charge in [-0.3, -0.25) is 0 Å². The van der Waals surface area contributed by atoms with Crippen molar-refractivity contribution in [2.75, 3.05) is 33.2 Å². The number of hydrogen-bond acceptors (Lipinski definition) is 5. The van der Waals surface area contributed by atoms with Gasteiger partial charge in [-0.2, -0.15) is 4.31 Å². The summed E-state index contributed by atoms with van der Waals surface area (Å²) in [5, 5.41) is 10.7. The van der Waals surface area contributed by atoms with Crippen molar-refractivity contribution in [3.63, 3.8) is 0 Å². The van der Waals surface area contributed by atoms with Crippen LogP contribution in [-0.4, -0.2) is 56.0 Å². The third kappa shape index (κ3) is 3.55. The average molecular weight is 304 g/mol. The average Bonchev–Trinajstić information content (AvgIpc) is 3.06. The fourth-order valence-corrected chi connectivity index (χ4v) is 4.71. The highest BCUT2D eigenvalue weighted by atomic mass is 32.2. The molecule has 0 unspecified atom stereocenters. The van der Waals surface area contributed by atoms with Gasteiger partial charge in [0.2, 0.25) is 0 Å². The molecule has 0 radical (unpaired) electrons. The monoisotopic (exact) mass is 304 g/mol. The normalized spacial score (nSPS) is 17.4. The largest absolute Gasteiger partial charge is 0.392 e. The number of nitrogens with zero attached hydrogens (tertiary/aromatic N) is 2. The summed E-state index contributed by atoms with van der Waals surface area (Å²) >= 11 is 1.16. The minimum atomic E-state index is -3.41. The van der Waals surface area contributed by atoms with Crippen LogP contribution in [-0.2, 0) is 16.6 Å². The summed E-state index contributed by atoms with van der Waals surface area (Å²) in [4.78, 5) is 2.29.